The molecule has 116 valence electrons. The number of hydrogen-bond acceptors (Lipinski definition) is 2. The van der Waals surface area contributed by atoms with Gasteiger partial charge in [0.2, 0.25) is 5.91 Å². The van der Waals surface area contributed by atoms with Gasteiger partial charge in [0.25, 0.3) is 5.91 Å². The first kappa shape index (κ1) is 15.2. The van der Waals surface area contributed by atoms with E-state index in [1.165, 1.54) is 42.0 Å². The molecule has 0 saturated heterocycles. The van der Waals surface area contributed by atoms with Gasteiger partial charge in [0.15, 0.2) is 0 Å². The molecule has 1 N–H and O–H groups in total. The first-order valence-corrected chi connectivity index (χ1v) is 7.22. The van der Waals surface area contributed by atoms with E-state index < -0.39 is 0 Å². The Kier molecular flexibility index (Phi) is 3.88. The Bertz CT molecular complexity index is 916. The van der Waals surface area contributed by atoms with Crippen LogP contribution in [0.15, 0.2) is 48.7 Å². The summed E-state index contributed by atoms with van der Waals surface area (Å²) in [4.78, 5) is 24.2. The van der Waals surface area contributed by atoms with Gasteiger partial charge in [-0.15, -0.1) is 0 Å². The van der Waals surface area contributed by atoms with Crippen molar-refractivity contribution in [3.05, 3.63) is 65.1 Å². The van der Waals surface area contributed by atoms with Crippen LogP contribution in [-0.2, 0) is 0 Å². The van der Waals surface area contributed by atoms with E-state index in [9.17, 15) is 14.0 Å². The van der Waals surface area contributed by atoms with Crippen LogP contribution in [0.25, 0.3) is 10.9 Å². The van der Waals surface area contributed by atoms with Gasteiger partial charge in [-0.2, -0.15) is 0 Å². The van der Waals surface area contributed by atoms with Crippen molar-refractivity contribution in [2.24, 2.45) is 0 Å². The van der Waals surface area contributed by atoms with Crippen LogP contribution in [0.1, 0.15) is 22.1 Å². The van der Waals surface area contributed by atoms with Crippen LogP contribution in [0.3, 0.4) is 0 Å². The van der Waals surface area contributed by atoms with E-state index in [-0.39, 0.29) is 17.6 Å². The smallest absolute Gasteiger partial charge is 0.257 e. The Morgan fingerprint density at radius 1 is 1.13 bits per heavy atom. The lowest BCUT2D eigenvalue weighted by Crippen LogP contribution is -2.11. The number of rotatable bonds is 2. The lowest BCUT2D eigenvalue weighted by atomic mass is 10.1. The number of nitrogens with one attached hydrogen (secondary N) is 1. The third-order valence-corrected chi connectivity index (χ3v) is 3.69. The van der Waals surface area contributed by atoms with Crippen LogP contribution >= 0.6 is 11.6 Å². The standard InChI is InChI=1S/C17H12ClFN2O2/c1-10(22)21-9-15(14-7-2-11(18)8-16(14)21)17(23)20-13-5-3-12(19)4-6-13/h2-9H,1H3,(H,20,23). The van der Waals surface area contributed by atoms with Gasteiger partial charge in [-0.3, -0.25) is 14.2 Å². The van der Waals surface area contributed by atoms with Gasteiger partial charge in [-0.25, -0.2) is 4.39 Å². The molecule has 0 aliphatic carbocycles. The number of amides is 1. The highest BCUT2D eigenvalue weighted by atomic mass is 35.5. The molecule has 6 heteroatoms. The lowest BCUT2D eigenvalue weighted by Gasteiger charge is -2.04. The summed E-state index contributed by atoms with van der Waals surface area (Å²) in [5, 5.41) is 3.77. The summed E-state index contributed by atoms with van der Waals surface area (Å²) in [6.45, 7) is 1.40. The summed E-state index contributed by atoms with van der Waals surface area (Å²) >= 11 is 5.97. The van der Waals surface area contributed by atoms with E-state index in [1.54, 1.807) is 18.2 Å². The second-order valence-corrected chi connectivity index (χ2v) is 5.49. The lowest BCUT2D eigenvalue weighted by molar-refractivity contribution is 0.0941. The fourth-order valence-corrected chi connectivity index (χ4v) is 2.54. The Morgan fingerprint density at radius 3 is 2.48 bits per heavy atom. The Balaban J connectivity index is 2.03. The highest BCUT2D eigenvalue weighted by molar-refractivity contribution is 6.31. The molecule has 3 aromatic rings. The number of halogens is 2. The maximum Gasteiger partial charge on any atom is 0.257 e. The minimum absolute atomic E-state index is 0.224. The monoisotopic (exact) mass is 330 g/mol. The van der Waals surface area contributed by atoms with Crippen LogP contribution in [0.5, 0.6) is 0 Å². The zero-order valence-corrected chi connectivity index (χ0v) is 12.9. The molecule has 0 spiro atoms. The summed E-state index contributed by atoms with van der Waals surface area (Å²) in [5.74, 6) is -0.993. The molecular weight excluding hydrogens is 319 g/mol. The van der Waals surface area contributed by atoms with Crippen LogP contribution in [0.2, 0.25) is 5.02 Å². The predicted molar refractivity (Wildman–Crippen MR) is 87.6 cm³/mol. The summed E-state index contributed by atoms with van der Waals surface area (Å²) in [7, 11) is 0. The Labute approximate surface area is 136 Å². The van der Waals surface area contributed by atoms with Crippen LogP contribution in [0.4, 0.5) is 10.1 Å². The van der Waals surface area contributed by atoms with Crippen molar-refractivity contribution in [2.75, 3.05) is 5.32 Å². The molecule has 0 aliphatic heterocycles. The van der Waals surface area contributed by atoms with E-state index >= 15 is 0 Å². The maximum absolute atomic E-state index is 12.9. The zero-order valence-electron chi connectivity index (χ0n) is 12.1. The quantitative estimate of drug-likeness (QED) is 0.759. The number of aromatic nitrogens is 1. The fourth-order valence-electron chi connectivity index (χ4n) is 2.37. The van der Waals surface area contributed by atoms with Gasteiger partial charge >= 0.3 is 0 Å². The molecule has 3 rings (SSSR count). The number of carbonyl (C=O) groups excluding carboxylic acids is 2. The molecule has 2 aromatic carbocycles. The Morgan fingerprint density at radius 2 is 1.83 bits per heavy atom. The van der Waals surface area contributed by atoms with Gasteiger partial charge in [0.1, 0.15) is 5.82 Å². The number of benzene rings is 2. The maximum atomic E-state index is 12.9. The highest BCUT2D eigenvalue weighted by Crippen LogP contribution is 2.25. The molecule has 0 radical (unpaired) electrons. The largest absolute Gasteiger partial charge is 0.322 e. The summed E-state index contributed by atoms with van der Waals surface area (Å²) in [5.41, 5.74) is 1.37. The summed E-state index contributed by atoms with van der Waals surface area (Å²) in [6, 6.07) is 10.4. The van der Waals surface area contributed by atoms with Crippen molar-refractivity contribution < 1.29 is 14.0 Å². The van der Waals surface area contributed by atoms with Gasteiger partial charge in [0.05, 0.1) is 11.1 Å². The SMILES string of the molecule is CC(=O)n1cc(C(=O)Nc2ccc(F)cc2)c2ccc(Cl)cc21. The zero-order chi connectivity index (χ0) is 16.6. The summed E-state index contributed by atoms with van der Waals surface area (Å²) in [6.07, 6.45) is 1.47. The average molecular weight is 331 g/mol. The first-order valence-electron chi connectivity index (χ1n) is 6.84. The number of hydrogen-bond donors (Lipinski definition) is 1. The molecule has 0 bridgehead atoms. The van der Waals surface area contributed by atoms with E-state index in [0.29, 0.717) is 27.2 Å². The predicted octanol–water partition coefficient (Wildman–Crippen LogP) is 4.35. The van der Waals surface area contributed by atoms with Crippen molar-refractivity contribution in [2.45, 2.75) is 6.92 Å². The minimum atomic E-state index is -0.385. The molecular formula is C17H12ClFN2O2. The molecule has 0 aliphatic rings. The van der Waals surface area contributed by atoms with Crippen LogP contribution < -0.4 is 5.32 Å². The van der Waals surface area contributed by atoms with E-state index in [2.05, 4.69) is 5.32 Å². The average Bonchev–Trinajstić information content (AvgIpc) is 2.88. The number of carbonyl (C=O) groups is 2. The first-order chi connectivity index (χ1) is 11.0. The molecule has 1 amide bonds. The molecule has 4 nitrogen and oxygen atoms in total. The van der Waals surface area contributed by atoms with Crippen molar-refractivity contribution in [1.82, 2.24) is 4.57 Å². The van der Waals surface area contributed by atoms with E-state index in [0.717, 1.165) is 0 Å². The molecule has 0 unspecified atom stereocenters. The number of fused-ring (bicyclic) bond motifs is 1. The molecule has 0 atom stereocenters. The minimum Gasteiger partial charge on any atom is -0.322 e. The van der Waals surface area contributed by atoms with E-state index in [4.69, 9.17) is 11.6 Å². The van der Waals surface area contributed by atoms with Crippen LogP contribution in [-0.4, -0.2) is 16.4 Å². The van der Waals surface area contributed by atoms with Gasteiger partial charge in [0, 0.05) is 29.2 Å². The van der Waals surface area contributed by atoms with Gasteiger partial charge in [-0.1, -0.05) is 17.7 Å². The van der Waals surface area contributed by atoms with Gasteiger partial charge < -0.3 is 5.32 Å². The molecule has 1 heterocycles. The second-order valence-electron chi connectivity index (χ2n) is 5.05. The van der Waals surface area contributed by atoms with Crippen molar-refractivity contribution in [3.63, 3.8) is 0 Å². The van der Waals surface area contributed by atoms with Crippen molar-refractivity contribution in [3.8, 4) is 0 Å². The number of anilines is 1. The van der Waals surface area contributed by atoms with Crippen molar-refractivity contribution in [1.29, 1.82) is 0 Å². The number of nitrogens with zero attached hydrogens (tertiary/aromatic N) is 1. The van der Waals surface area contributed by atoms with Gasteiger partial charge in [-0.05, 0) is 36.4 Å². The molecule has 0 fully saturated rings. The topological polar surface area (TPSA) is 51.1 Å². The summed E-state index contributed by atoms with van der Waals surface area (Å²) < 4.78 is 14.3. The third-order valence-electron chi connectivity index (χ3n) is 3.45. The normalized spacial score (nSPS) is 10.7. The molecule has 1 aromatic heterocycles. The Hall–Kier alpha value is -2.66. The van der Waals surface area contributed by atoms with Crippen LogP contribution in [0, 0.1) is 5.82 Å². The second kappa shape index (κ2) is 5.85. The molecule has 23 heavy (non-hydrogen) atoms. The highest BCUT2D eigenvalue weighted by Gasteiger charge is 2.17. The molecule has 0 saturated carbocycles. The van der Waals surface area contributed by atoms with E-state index in [1.807, 2.05) is 0 Å². The fraction of sp³-hybridized carbons (Fsp3) is 0.0588. The van der Waals surface area contributed by atoms with Crippen molar-refractivity contribution >= 4 is 40.0 Å². The third kappa shape index (κ3) is 2.96.